The van der Waals surface area contributed by atoms with Crippen LogP contribution in [0.5, 0.6) is 0 Å². The van der Waals surface area contributed by atoms with E-state index in [9.17, 15) is 4.79 Å². The molecule has 0 atom stereocenters. The van der Waals surface area contributed by atoms with E-state index in [1.54, 1.807) is 24.3 Å². The van der Waals surface area contributed by atoms with Crippen molar-refractivity contribution in [2.75, 3.05) is 5.32 Å². The summed E-state index contributed by atoms with van der Waals surface area (Å²) < 4.78 is 6.98. The summed E-state index contributed by atoms with van der Waals surface area (Å²) in [6.45, 7) is 0.556. The SMILES string of the molecule is NC(=O)c1ccc(NCc2cc(Br)c(Br)o2)cc1. The summed E-state index contributed by atoms with van der Waals surface area (Å²) in [5.74, 6) is 0.369. The molecule has 3 N–H and O–H groups in total. The maximum Gasteiger partial charge on any atom is 0.248 e. The Morgan fingerprint density at radius 2 is 1.94 bits per heavy atom. The second-order valence-electron chi connectivity index (χ2n) is 3.63. The molecule has 0 unspecified atom stereocenters. The summed E-state index contributed by atoms with van der Waals surface area (Å²) >= 11 is 6.62. The highest BCUT2D eigenvalue weighted by Gasteiger charge is 2.06. The van der Waals surface area contributed by atoms with Crippen LogP contribution in [0.1, 0.15) is 16.1 Å². The van der Waals surface area contributed by atoms with Crippen molar-refractivity contribution in [2.24, 2.45) is 5.73 Å². The minimum atomic E-state index is -0.430. The lowest BCUT2D eigenvalue weighted by Crippen LogP contribution is -2.10. The summed E-state index contributed by atoms with van der Waals surface area (Å²) in [7, 11) is 0. The molecule has 0 aliphatic heterocycles. The van der Waals surface area contributed by atoms with Crippen molar-refractivity contribution < 1.29 is 9.21 Å². The van der Waals surface area contributed by atoms with Crippen molar-refractivity contribution in [3.05, 3.63) is 50.8 Å². The molecule has 94 valence electrons. The molecule has 0 aliphatic rings. The van der Waals surface area contributed by atoms with E-state index in [0.717, 1.165) is 15.9 Å². The zero-order chi connectivity index (χ0) is 13.1. The largest absolute Gasteiger partial charge is 0.451 e. The number of benzene rings is 1. The Kier molecular flexibility index (Phi) is 4.08. The first-order chi connectivity index (χ1) is 8.56. The molecular formula is C12H10Br2N2O2. The highest BCUT2D eigenvalue weighted by molar-refractivity contribution is 9.13. The number of amides is 1. The molecule has 1 heterocycles. The summed E-state index contributed by atoms with van der Waals surface area (Å²) in [6, 6.07) is 8.84. The molecule has 1 aromatic heterocycles. The third-order valence-electron chi connectivity index (χ3n) is 2.33. The first kappa shape index (κ1) is 13.2. The molecule has 4 nitrogen and oxygen atoms in total. The van der Waals surface area contributed by atoms with Crippen LogP contribution in [0.25, 0.3) is 0 Å². The van der Waals surface area contributed by atoms with Crippen molar-refractivity contribution in [2.45, 2.75) is 6.54 Å². The van der Waals surface area contributed by atoms with Gasteiger partial charge in [0.25, 0.3) is 0 Å². The first-order valence-electron chi connectivity index (χ1n) is 5.13. The van der Waals surface area contributed by atoms with Crippen LogP contribution in [-0.4, -0.2) is 5.91 Å². The minimum absolute atomic E-state index is 0.430. The van der Waals surface area contributed by atoms with E-state index >= 15 is 0 Å². The highest BCUT2D eigenvalue weighted by atomic mass is 79.9. The fourth-order valence-corrected chi connectivity index (χ4v) is 2.08. The molecule has 18 heavy (non-hydrogen) atoms. The molecule has 2 aromatic rings. The lowest BCUT2D eigenvalue weighted by molar-refractivity contribution is 0.100. The maximum absolute atomic E-state index is 10.9. The summed E-state index contributed by atoms with van der Waals surface area (Å²) in [5.41, 5.74) is 6.55. The lowest BCUT2D eigenvalue weighted by Gasteiger charge is -2.04. The first-order valence-corrected chi connectivity index (χ1v) is 6.72. The molecule has 1 aromatic carbocycles. The van der Waals surface area contributed by atoms with Gasteiger partial charge in [0.2, 0.25) is 5.91 Å². The van der Waals surface area contributed by atoms with Gasteiger partial charge in [-0.2, -0.15) is 0 Å². The predicted octanol–water partition coefficient (Wildman–Crippen LogP) is 3.52. The van der Waals surface area contributed by atoms with Gasteiger partial charge in [0, 0.05) is 11.3 Å². The van der Waals surface area contributed by atoms with E-state index in [2.05, 4.69) is 37.2 Å². The number of nitrogens with two attached hydrogens (primary N) is 1. The van der Waals surface area contributed by atoms with Crippen molar-refractivity contribution in [1.29, 1.82) is 0 Å². The molecule has 1 amide bonds. The third kappa shape index (κ3) is 3.14. The fourth-order valence-electron chi connectivity index (χ4n) is 1.42. The van der Waals surface area contributed by atoms with E-state index in [0.29, 0.717) is 16.8 Å². The van der Waals surface area contributed by atoms with Crippen LogP contribution >= 0.6 is 31.9 Å². The van der Waals surface area contributed by atoms with Crippen LogP contribution < -0.4 is 11.1 Å². The normalized spacial score (nSPS) is 10.3. The molecule has 2 rings (SSSR count). The number of nitrogens with one attached hydrogen (secondary N) is 1. The Hall–Kier alpha value is -1.27. The predicted molar refractivity (Wildman–Crippen MR) is 76.4 cm³/mol. The highest BCUT2D eigenvalue weighted by Crippen LogP contribution is 2.27. The van der Waals surface area contributed by atoms with Gasteiger partial charge in [0.05, 0.1) is 11.0 Å². The van der Waals surface area contributed by atoms with Crippen molar-refractivity contribution in [3.63, 3.8) is 0 Å². The smallest absolute Gasteiger partial charge is 0.248 e. The molecule has 0 saturated heterocycles. The average molecular weight is 374 g/mol. The van der Waals surface area contributed by atoms with Gasteiger partial charge >= 0.3 is 0 Å². The average Bonchev–Trinajstić information content (AvgIpc) is 2.67. The number of primary amides is 1. The van der Waals surface area contributed by atoms with E-state index in [1.165, 1.54) is 0 Å². The van der Waals surface area contributed by atoms with Gasteiger partial charge in [-0.3, -0.25) is 4.79 Å². The number of carbonyl (C=O) groups is 1. The van der Waals surface area contributed by atoms with Crippen molar-refractivity contribution >= 4 is 43.5 Å². The Bertz CT molecular complexity index is 544. The number of anilines is 1. The Balaban J connectivity index is 2.00. The molecule has 0 aliphatic carbocycles. The Labute approximate surface area is 121 Å². The monoisotopic (exact) mass is 372 g/mol. The molecule has 0 bridgehead atoms. The molecular weight excluding hydrogens is 364 g/mol. The van der Waals surface area contributed by atoms with Gasteiger partial charge in [0.15, 0.2) is 4.67 Å². The molecule has 0 fully saturated rings. The number of rotatable bonds is 4. The van der Waals surface area contributed by atoms with Gasteiger partial charge in [-0.25, -0.2) is 0 Å². The third-order valence-corrected chi connectivity index (χ3v) is 4.04. The van der Waals surface area contributed by atoms with E-state index in [4.69, 9.17) is 10.2 Å². The van der Waals surface area contributed by atoms with Crippen molar-refractivity contribution in [1.82, 2.24) is 0 Å². The van der Waals surface area contributed by atoms with E-state index < -0.39 is 5.91 Å². The van der Waals surface area contributed by atoms with Crippen LogP contribution in [0.15, 0.2) is 43.9 Å². The number of carbonyl (C=O) groups excluding carboxylic acids is 1. The second kappa shape index (κ2) is 5.58. The van der Waals surface area contributed by atoms with Gasteiger partial charge in [-0.05, 0) is 62.2 Å². The van der Waals surface area contributed by atoms with E-state index in [-0.39, 0.29) is 0 Å². The molecule has 0 saturated carbocycles. The number of hydrogen-bond acceptors (Lipinski definition) is 3. The summed E-state index contributed by atoms with van der Waals surface area (Å²) in [4.78, 5) is 10.9. The van der Waals surface area contributed by atoms with E-state index in [1.807, 2.05) is 6.07 Å². The van der Waals surface area contributed by atoms with Crippen LogP contribution in [0.4, 0.5) is 5.69 Å². The zero-order valence-electron chi connectivity index (χ0n) is 9.24. The van der Waals surface area contributed by atoms with Gasteiger partial charge < -0.3 is 15.5 Å². The zero-order valence-corrected chi connectivity index (χ0v) is 12.4. The van der Waals surface area contributed by atoms with Crippen LogP contribution in [0.3, 0.4) is 0 Å². The number of hydrogen-bond donors (Lipinski definition) is 2. The van der Waals surface area contributed by atoms with Crippen LogP contribution in [-0.2, 0) is 6.54 Å². The maximum atomic E-state index is 10.9. The molecule has 0 radical (unpaired) electrons. The van der Waals surface area contributed by atoms with Crippen LogP contribution in [0.2, 0.25) is 0 Å². The Morgan fingerprint density at radius 3 is 2.44 bits per heavy atom. The molecule has 0 spiro atoms. The quantitative estimate of drug-likeness (QED) is 0.861. The van der Waals surface area contributed by atoms with Crippen LogP contribution in [0, 0.1) is 0 Å². The van der Waals surface area contributed by atoms with Gasteiger partial charge in [0.1, 0.15) is 5.76 Å². The standard InChI is InChI=1S/C12H10Br2N2O2/c13-10-5-9(18-11(10)14)6-16-8-3-1-7(2-4-8)12(15)17/h1-5,16H,6H2,(H2,15,17). The van der Waals surface area contributed by atoms with Crippen molar-refractivity contribution in [3.8, 4) is 0 Å². The number of furan rings is 1. The number of halogens is 2. The Morgan fingerprint density at radius 1 is 1.28 bits per heavy atom. The minimum Gasteiger partial charge on any atom is -0.451 e. The molecule has 6 heteroatoms. The fraction of sp³-hybridized carbons (Fsp3) is 0.0833. The summed E-state index contributed by atoms with van der Waals surface area (Å²) in [5, 5.41) is 3.18. The second-order valence-corrected chi connectivity index (χ2v) is 5.20. The topological polar surface area (TPSA) is 68.3 Å². The summed E-state index contributed by atoms with van der Waals surface area (Å²) in [6.07, 6.45) is 0. The lowest BCUT2D eigenvalue weighted by atomic mass is 10.2. The van der Waals surface area contributed by atoms with Gasteiger partial charge in [-0.15, -0.1) is 0 Å². The van der Waals surface area contributed by atoms with Gasteiger partial charge in [-0.1, -0.05) is 0 Å².